The number of hydrogen-bond acceptors (Lipinski definition) is 2. The SMILES string of the molecule is C[C](=[Zr+2])OCCO.[Cl-].[Cl-].c1cc[cH-]c1.c1ccc2c(c1)[cH-]c1ccccc12. The molecule has 27 heavy (non-hydrogen) atoms. The molecule has 0 fully saturated rings. The maximum atomic E-state index is 8.19. The molecular formula is C22H22Cl2O2Zr-2. The first-order valence-corrected chi connectivity index (χ1v) is 9.44. The van der Waals surface area contributed by atoms with E-state index in [2.05, 4.69) is 54.6 Å². The quantitative estimate of drug-likeness (QED) is 0.374. The summed E-state index contributed by atoms with van der Waals surface area (Å²) in [5.74, 6) is 0. The van der Waals surface area contributed by atoms with Crippen LogP contribution >= 0.6 is 0 Å². The van der Waals surface area contributed by atoms with Crippen molar-refractivity contribution in [3.05, 3.63) is 84.9 Å². The molecule has 2 nitrogen and oxygen atoms in total. The van der Waals surface area contributed by atoms with Crippen LogP contribution in [0.1, 0.15) is 6.92 Å². The van der Waals surface area contributed by atoms with E-state index >= 15 is 0 Å². The second kappa shape index (κ2) is 14.9. The predicted molar refractivity (Wildman–Crippen MR) is 103 cm³/mol. The molecule has 0 aliphatic rings. The summed E-state index contributed by atoms with van der Waals surface area (Å²) in [4.78, 5) is 0. The maximum Gasteiger partial charge on any atom is -0.0771 e. The summed E-state index contributed by atoms with van der Waals surface area (Å²) in [5.41, 5.74) is 0. The van der Waals surface area contributed by atoms with Gasteiger partial charge >= 0.3 is 57.6 Å². The van der Waals surface area contributed by atoms with Gasteiger partial charge < -0.3 is 24.8 Å². The summed E-state index contributed by atoms with van der Waals surface area (Å²) in [5, 5.41) is 13.6. The molecule has 4 rings (SSSR count). The zero-order valence-corrected chi connectivity index (χ0v) is 19.1. The van der Waals surface area contributed by atoms with Crippen molar-refractivity contribution in [2.45, 2.75) is 6.92 Å². The molecule has 0 unspecified atom stereocenters. The number of benzene rings is 2. The van der Waals surface area contributed by atoms with Gasteiger partial charge in [0.1, 0.15) is 0 Å². The summed E-state index contributed by atoms with van der Waals surface area (Å²) >= 11 is 1.28. The molecule has 0 saturated carbocycles. The second-order valence-corrected chi connectivity index (χ2v) is 7.14. The molecule has 0 radical (unpaired) electrons. The first-order chi connectivity index (χ1) is 12.2. The molecule has 1 N–H and O–H groups in total. The third-order valence-corrected chi connectivity index (χ3v) is 3.84. The van der Waals surface area contributed by atoms with Crippen molar-refractivity contribution in [1.82, 2.24) is 0 Å². The van der Waals surface area contributed by atoms with Gasteiger partial charge in [0.25, 0.3) is 0 Å². The Hall–Kier alpha value is -1.09. The van der Waals surface area contributed by atoms with Crippen molar-refractivity contribution < 1.29 is 58.9 Å². The summed E-state index contributed by atoms with van der Waals surface area (Å²) in [7, 11) is 0. The maximum absolute atomic E-state index is 8.19. The Morgan fingerprint density at radius 2 is 1.37 bits per heavy atom. The van der Waals surface area contributed by atoms with E-state index in [0.29, 0.717) is 6.61 Å². The fourth-order valence-corrected chi connectivity index (χ4v) is 2.67. The molecule has 0 saturated heterocycles. The Balaban J connectivity index is 0.000000416. The van der Waals surface area contributed by atoms with Crippen molar-refractivity contribution in [1.29, 1.82) is 0 Å². The van der Waals surface area contributed by atoms with E-state index in [9.17, 15) is 0 Å². The Kier molecular flexibility index (Phi) is 14.3. The van der Waals surface area contributed by atoms with Gasteiger partial charge in [-0.15, -0.1) is 39.7 Å². The van der Waals surface area contributed by atoms with Gasteiger partial charge in [0, 0.05) is 0 Å². The number of aliphatic hydroxyl groups is 1. The molecule has 142 valence electrons. The number of halogens is 2. The van der Waals surface area contributed by atoms with E-state index in [1.165, 1.54) is 45.8 Å². The first-order valence-electron chi connectivity index (χ1n) is 8.21. The fraction of sp³-hybridized carbons (Fsp3) is 0.136. The fourth-order valence-electron chi connectivity index (χ4n) is 2.42. The molecule has 0 aromatic heterocycles. The second-order valence-electron chi connectivity index (χ2n) is 5.41. The van der Waals surface area contributed by atoms with E-state index < -0.39 is 0 Å². The topological polar surface area (TPSA) is 29.5 Å². The first kappa shape index (κ1) is 25.9. The van der Waals surface area contributed by atoms with E-state index in [-0.39, 0.29) is 31.4 Å². The van der Waals surface area contributed by atoms with Crippen LogP contribution in [0.2, 0.25) is 0 Å². The van der Waals surface area contributed by atoms with E-state index in [0.717, 1.165) is 3.39 Å². The van der Waals surface area contributed by atoms with Gasteiger partial charge in [-0.05, 0) is 0 Å². The summed E-state index contributed by atoms with van der Waals surface area (Å²) < 4.78 is 5.88. The van der Waals surface area contributed by atoms with Crippen molar-refractivity contribution in [2.24, 2.45) is 0 Å². The number of aliphatic hydroxyl groups excluding tert-OH is 1. The average Bonchev–Trinajstić information content (AvgIpc) is 3.31. The van der Waals surface area contributed by atoms with Gasteiger partial charge in [-0.3, -0.25) is 0 Å². The molecule has 0 aliphatic carbocycles. The van der Waals surface area contributed by atoms with Gasteiger partial charge in [-0.1, -0.05) is 36.4 Å². The minimum atomic E-state index is 0. The number of ether oxygens (including phenoxy) is 1. The molecule has 0 amide bonds. The van der Waals surface area contributed by atoms with Gasteiger partial charge in [-0.25, -0.2) is 12.1 Å². The zero-order valence-electron chi connectivity index (χ0n) is 15.1. The number of rotatable bonds is 3. The third-order valence-electron chi connectivity index (χ3n) is 3.49. The van der Waals surface area contributed by atoms with Crippen molar-refractivity contribution in [3.8, 4) is 0 Å². The van der Waals surface area contributed by atoms with Crippen LogP contribution in [0.5, 0.6) is 0 Å². The van der Waals surface area contributed by atoms with E-state index in [1.807, 2.05) is 37.3 Å². The summed E-state index contributed by atoms with van der Waals surface area (Å²) in [6, 6.07) is 29.3. The van der Waals surface area contributed by atoms with Gasteiger partial charge in [0.05, 0.1) is 0 Å². The largest absolute Gasteiger partial charge is 1.00 e. The normalized spacial score (nSPS) is 9.19. The number of hydrogen-bond donors (Lipinski definition) is 1. The Morgan fingerprint density at radius 1 is 0.889 bits per heavy atom. The Bertz CT molecular complexity index is 818. The van der Waals surface area contributed by atoms with Crippen molar-refractivity contribution in [2.75, 3.05) is 13.2 Å². The Morgan fingerprint density at radius 3 is 1.70 bits per heavy atom. The van der Waals surface area contributed by atoms with E-state index in [4.69, 9.17) is 9.84 Å². The summed E-state index contributed by atoms with van der Waals surface area (Å²) in [6.45, 7) is 2.46. The molecule has 0 bridgehead atoms. The number of fused-ring (bicyclic) bond motifs is 3. The Labute approximate surface area is 188 Å². The van der Waals surface area contributed by atoms with Crippen molar-refractivity contribution in [3.63, 3.8) is 0 Å². The van der Waals surface area contributed by atoms with Crippen LogP contribution in [0, 0.1) is 0 Å². The average molecular weight is 481 g/mol. The van der Waals surface area contributed by atoms with Crippen molar-refractivity contribution >= 4 is 24.9 Å². The molecule has 4 aromatic rings. The van der Waals surface area contributed by atoms with E-state index in [1.54, 1.807) is 0 Å². The molecular weight excluding hydrogens is 458 g/mol. The molecule has 0 aliphatic heterocycles. The summed E-state index contributed by atoms with van der Waals surface area (Å²) in [6.07, 6.45) is 0. The van der Waals surface area contributed by atoms with Crippen LogP contribution < -0.4 is 24.8 Å². The minimum Gasteiger partial charge on any atom is -1.00 e. The predicted octanol–water partition coefficient (Wildman–Crippen LogP) is -1.18. The van der Waals surface area contributed by atoms with Gasteiger partial charge in [0.2, 0.25) is 0 Å². The van der Waals surface area contributed by atoms with Gasteiger partial charge in [0.15, 0.2) is 0 Å². The van der Waals surface area contributed by atoms with Crippen LogP contribution in [0.25, 0.3) is 21.5 Å². The van der Waals surface area contributed by atoms with Crippen LogP contribution in [0.15, 0.2) is 84.9 Å². The molecule has 4 aromatic carbocycles. The van der Waals surface area contributed by atoms with Crippen LogP contribution in [-0.4, -0.2) is 21.7 Å². The zero-order chi connectivity index (χ0) is 17.9. The molecule has 0 atom stereocenters. The standard InChI is InChI=1S/C13H9.C5H5.C4H8O2.2ClH.Zr/c1-3-7-12-10(5-1)9-11-6-2-4-8-13(11)12;1-2-4-5-3-1;1-2-6-4-3-5;;;/h1-9H;1-5H;5H,3-4H2,1H3;2*1H;/q2*-1;;;;+2/p-2. The molecule has 0 spiro atoms. The van der Waals surface area contributed by atoms with Crippen LogP contribution in [-0.2, 0) is 29.0 Å². The molecule has 5 heteroatoms. The van der Waals surface area contributed by atoms with Gasteiger partial charge in [-0.2, -0.15) is 18.2 Å². The third kappa shape index (κ3) is 9.10. The monoisotopic (exact) mass is 478 g/mol. The molecule has 0 heterocycles. The van der Waals surface area contributed by atoms with Crippen LogP contribution in [0.3, 0.4) is 0 Å². The van der Waals surface area contributed by atoms with Crippen LogP contribution in [0.4, 0.5) is 0 Å². The smallest absolute Gasteiger partial charge is 0.0771 e. The minimum absolute atomic E-state index is 0.